The number of fused-ring (bicyclic) bond motifs is 1. The number of halogens is 2. The second kappa shape index (κ2) is 6.83. The number of rotatable bonds is 3. The highest BCUT2D eigenvalue weighted by molar-refractivity contribution is 6.35. The number of hydrogen-bond acceptors (Lipinski definition) is 3. The maximum atomic E-state index is 13.2. The molecule has 3 aromatic carbocycles. The van der Waals surface area contributed by atoms with Crippen LogP contribution in [0.1, 0.15) is 0 Å². The van der Waals surface area contributed by atoms with Crippen LogP contribution in [0.3, 0.4) is 0 Å². The molecule has 0 saturated heterocycles. The number of nitrogens with zero attached hydrogens (tertiary/aromatic N) is 2. The summed E-state index contributed by atoms with van der Waals surface area (Å²) in [6.45, 7) is 0. The molecule has 0 aliphatic carbocycles. The van der Waals surface area contributed by atoms with E-state index < -0.39 is 0 Å². The first kappa shape index (κ1) is 16.6. The van der Waals surface area contributed by atoms with Gasteiger partial charge in [0.15, 0.2) is 0 Å². The lowest BCUT2D eigenvalue weighted by Gasteiger charge is -2.16. The highest BCUT2D eigenvalue weighted by atomic mass is 35.5. The zero-order valence-corrected chi connectivity index (χ0v) is 15.0. The molecule has 0 radical (unpaired) electrons. The van der Waals surface area contributed by atoms with Gasteiger partial charge in [-0.3, -0.25) is 4.79 Å². The normalized spacial score (nSPS) is 10.8. The van der Waals surface area contributed by atoms with E-state index in [0.29, 0.717) is 38.3 Å². The molecule has 0 bridgehead atoms. The highest BCUT2D eigenvalue weighted by Crippen LogP contribution is 2.27. The smallest absolute Gasteiger partial charge is 0.268 e. The first-order valence-corrected chi connectivity index (χ1v) is 8.69. The zero-order valence-electron chi connectivity index (χ0n) is 13.5. The van der Waals surface area contributed by atoms with Crippen molar-refractivity contribution in [2.24, 2.45) is 0 Å². The lowest BCUT2D eigenvalue weighted by molar-refractivity contribution is 0.974. The van der Waals surface area contributed by atoms with E-state index in [-0.39, 0.29) is 5.56 Å². The molecule has 0 aliphatic rings. The van der Waals surface area contributed by atoms with E-state index in [1.54, 1.807) is 24.3 Å². The molecule has 0 aliphatic heterocycles. The summed E-state index contributed by atoms with van der Waals surface area (Å²) >= 11 is 12.5. The first-order chi connectivity index (χ1) is 12.6. The number of anilines is 2. The topological polar surface area (TPSA) is 46.9 Å². The molecule has 0 atom stereocenters. The SMILES string of the molecule is O=c1c2c(Cl)cccc2nc(Nc2ccccc2Cl)n1-c1ccccc1. The lowest BCUT2D eigenvalue weighted by atomic mass is 10.2. The molecule has 0 saturated carbocycles. The standard InChI is InChI=1S/C20H13Cl2N3O/c21-14-9-4-5-11-16(14)23-20-24-17-12-6-10-15(22)18(17)19(26)25(20)13-7-2-1-3-8-13/h1-12H,(H,23,24). The van der Waals surface area contributed by atoms with E-state index in [0.717, 1.165) is 0 Å². The minimum absolute atomic E-state index is 0.249. The summed E-state index contributed by atoms with van der Waals surface area (Å²) in [5.41, 5.74) is 1.61. The molecule has 0 amide bonds. The van der Waals surface area contributed by atoms with Crippen LogP contribution in [0.2, 0.25) is 10.0 Å². The van der Waals surface area contributed by atoms with Gasteiger partial charge in [-0.15, -0.1) is 0 Å². The molecule has 6 heteroatoms. The van der Waals surface area contributed by atoms with Gasteiger partial charge >= 0.3 is 0 Å². The molecule has 0 unspecified atom stereocenters. The van der Waals surface area contributed by atoms with Crippen LogP contribution in [0, 0.1) is 0 Å². The molecular weight excluding hydrogens is 369 g/mol. The molecule has 4 aromatic rings. The van der Waals surface area contributed by atoms with Gasteiger partial charge in [-0.1, -0.05) is 59.6 Å². The Labute approximate surface area is 159 Å². The summed E-state index contributed by atoms with van der Waals surface area (Å²) in [6, 6.07) is 21.8. The lowest BCUT2D eigenvalue weighted by Crippen LogP contribution is -2.23. The van der Waals surface area contributed by atoms with Crippen molar-refractivity contribution in [1.29, 1.82) is 0 Å². The molecule has 0 fully saturated rings. The van der Waals surface area contributed by atoms with Crippen LogP contribution in [0.25, 0.3) is 16.6 Å². The van der Waals surface area contributed by atoms with Gasteiger partial charge in [0.25, 0.3) is 5.56 Å². The van der Waals surface area contributed by atoms with Gasteiger partial charge < -0.3 is 5.32 Å². The fraction of sp³-hybridized carbons (Fsp3) is 0. The van der Waals surface area contributed by atoms with Crippen LogP contribution in [-0.4, -0.2) is 9.55 Å². The Balaban J connectivity index is 2.02. The molecule has 4 nitrogen and oxygen atoms in total. The van der Waals surface area contributed by atoms with Crippen molar-refractivity contribution in [2.75, 3.05) is 5.32 Å². The van der Waals surface area contributed by atoms with Gasteiger partial charge in [-0.05, 0) is 36.4 Å². The number of para-hydroxylation sites is 2. The largest absolute Gasteiger partial charge is 0.324 e. The Kier molecular flexibility index (Phi) is 4.37. The van der Waals surface area contributed by atoms with E-state index >= 15 is 0 Å². The van der Waals surface area contributed by atoms with Crippen LogP contribution in [0.4, 0.5) is 11.6 Å². The summed E-state index contributed by atoms with van der Waals surface area (Å²) in [7, 11) is 0. The fourth-order valence-corrected chi connectivity index (χ4v) is 3.21. The summed E-state index contributed by atoms with van der Waals surface area (Å²) in [6.07, 6.45) is 0. The first-order valence-electron chi connectivity index (χ1n) is 7.93. The monoisotopic (exact) mass is 381 g/mol. The van der Waals surface area contributed by atoms with Gasteiger partial charge in [0.1, 0.15) is 0 Å². The zero-order chi connectivity index (χ0) is 18.1. The predicted molar refractivity (Wildman–Crippen MR) is 107 cm³/mol. The minimum atomic E-state index is -0.249. The maximum absolute atomic E-state index is 13.2. The van der Waals surface area contributed by atoms with E-state index in [4.69, 9.17) is 23.2 Å². The molecule has 1 heterocycles. The molecule has 26 heavy (non-hydrogen) atoms. The average Bonchev–Trinajstić information content (AvgIpc) is 2.64. The quantitative estimate of drug-likeness (QED) is 0.514. The highest BCUT2D eigenvalue weighted by Gasteiger charge is 2.15. The maximum Gasteiger partial charge on any atom is 0.268 e. The molecule has 4 rings (SSSR count). The van der Waals surface area contributed by atoms with Crippen LogP contribution < -0.4 is 10.9 Å². The van der Waals surface area contributed by atoms with Crippen molar-refractivity contribution >= 4 is 45.7 Å². The second-order valence-electron chi connectivity index (χ2n) is 5.65. The second-order valence-corrected chi connectivity index (χ2v) is 6.46. The third-order valence-electron chi connectivity index (χ3n) is 3.98. The molecule has 0 spiro atoms. The van der Waals surface area contributed by atoms with Crippen LogP contribution >= 0.6 is 23.2 Å². The van der Waals surface area contributed by atoms with Crippen LogP contribution in [-0.2, 0) is 0 Å². The van der Waals surface area contributed by atoms with Crippen LogP contribution in [0.5, 0.6) is 0 Å². The van der Waals surface area contributed by atoms with Crippen molar-refractivity contribution in [2.45, 2.75) is 0 Å². The van der Waals surface area contributed by atoms with Gasteiger partial charge in [0, 0.05) is 0 Å². The van der Waals surface area contributed by atoms with E-state index in [9.17, 15) is 4.79 Å². The predicted octanol–water partition coefficient (Wildman–Crippen LogP) is 5.44. The Bertz CT molecular complexity index is 1160. The Morgan fingerprint density at radius 1 is 0.808 bits per heavy atom. The third kappa shape index (κ3) is 2.94. The Hall–Kier alpha value is -2.82. The summed E-state index contributed by atoms with van der Waals surface area (Å²) in [4.78, 5) is 17.8. The molecule has 1 aromatic heterocycles. The van der Waals surface area contributed by atoms with E-state index in [1.165, 1.54) is 4.57 Å². The van der Waals surface area contributed by atoms with Gasteiger partial charge in [0.2, 0.25) is 5.95 Å². The van der Waals surface area contributed by atoms with Crippen LogP contribution in [0.15, 0.2) is 77.6 Å². The number of benzene rings is 3. The van der Waals surface area contributed by atoms with Gasteiger partial charge in [-0.25, -0.2) is 9.55 Å². The summed E-state index contributed by atoms with van der Waals surface area (Å²) in [5, 5.41) is 4.45. The van der Waals surface area contributed by atoms with Gasteiger partial charge in [-0.2, -0.15) is 0 Å². The fourth-order valence-electron chi connectivity index (χ4n) is 2.77. The van der Waals surface area contributed by atoms with Crippen molar-refractivity contribution in [3.8, 4) is 5.69 Å². The number of nitrogens with one attached hydrogen (secondary N) is 1. The van der Waals surface area contributed by atoms with Gasteiger partial charge in [0.05, 0.1) is 32.3 Å². The average molecular weight is 382 g/mol. The van der Waals surface area contributed by atoms with Crippen molar-refractivity contribution in [3.05, 3.63) is 93.2 Å². The summed E-state index contributed by atoms with van der Waals surface area (Å²) < 4.78 is 1.50. The summed E-state index contributed by atoms with van der Waals surface area (Å²) in [5.74, 6) is 0.365. The Morgan fingerprint density at radius 2 is 1.50 bits per heavy atom. The third-order valence-corrected chi connectivity index (χ3v) is 4.63. The molecular formula is C20H13Cl2N3O. The Morgan fingerprint density at radius 3 is 2.27 bits per heavy atom. The van der Waals surface area contributed by atoms with Crippen molar-refractivity contribution in [3.63, 3.8) is 0 Å². The minimum Gasteiger partial charge on any atom is -0.324 e. The van der Waals surface area contributed by atoms with Crippen molar-refractivity contribution in [1.82, 2.24) is 9.55 Å². The molecule has 128 valence electrons. The van der Waals surface area contributed by atoms with E-state index in [1.807, 2.05) is 48.5 Å². The van der Waals surface area contributed by atoms with E-state index in [2.05, 4.69) is 10.3 Å². The number of hydrogen-bond donors (Lipinski definition) is 1. The van der Waals surface area contributed by atoms with Crippen molar-refractivity contribution < 1.29 is 0 Å². The molecule has 1 N–H and O–H groups in total. The number of aromatic nitrogens is 2.